The van der Waals surface area contributed by atoms with Crippen LogP contribution in [0, 0.1) is 6.92 Å². The van der Waals surface area contributed by atoms with E-state index in [2.05, 4.69) is 6.58 Å². The quantitative estimate of drug-likeness (QED) is 0.778. The smallest absolute Gasteiger partial charge is 0.243 e. The van der Waals surface area contributed by atoms with Gasteiger partial charge in [-0.3, -0.25) is 0 Å². The Hall–Kier alpha value is -1.17. The SMILES string of the molecule is C=CCC(C)N(CCO)S(=O)(=O)c1ccc(C)cc1. The second-order valence-corrected chi connectivity index (χ2v) is 6.42. The summed E-state index contributed by atoms with van der Waals surface area (Å²) < 4.78 is 26.4. The van der Waals surface area contributed by atoms with Crippen molar-refractivity contribution in [3.63, 3.8) is 0 Å². The molecule has 0 aliphatic carbocycles. The molecule has 0 bridgehead atoms. The number of nitrogens with zero attached hydrogens (tertiary/aromatic N) is 1. The normalized spacial score (nSPS) is 13.5. The monoisotopic (exact) mass is 283 g/mol. The van der Waals surface area contributed by atoms with Gasteiger partial charge in [0.05, 0.1) is 11.5 Å². The molecule has 0 amide bonds. The van der Waals surface area contributed by atoms with Gasteiger partial charge in [0.1, 0.15) is 0 Å². The molecule has 1 N–H and O–H groups in total. The predicted octanol–water partition coefficient (Wildman–Crippen LogP) is 1.94. The van der Waals surface area contributed by atoms with E-state index in [1.807, 2.05) is 13.8 Å². The summed E-state index contributed by atoms with van der Waals surface area (Å²) in [6.07, 6.45) is 2.23. The number of rotatable bonds is 7. The van der Waals surface area contributed by atoms with E-state index in [1.165, 1.54) is 4.31 Å². The van der Waals surface area contributed by atoms with Gasteiger partial charge in [0, 0.05) is 12.6 Å². The van der Waals surface area contributed by atoms with E-state index >= 15 is 0 Å². The second kappa shape index (κ2) is 6.84. The van der Waals surface area contributed by atoms with Gasteiger partial charge in [-0.25, -0.2) is 8.42 Å². The largest absolute Gasteiger partial charge is 0.395 e. The Balaban J connectivity index is 3.11. The predicted molar refractivity (Wildman–Crippen MR) is 76.4 cm³/mol. The van der Waals surface area contributed by atoms with E-state index in [1.54, 1.807) is 30.3 Å². The Labute approximate surface area is 115 Å². The summed E-state index contributed by atoms with van der Waals surface area (Å²) in [5.41, 5.74) is 1.01. The molecule has 0 aliphatic rings. The van der Waals surface area contributed by atoms with Crippen LogP contribution in [0.1, 0.15) is 18.9 Å². The maximum Gasteiger partial charge on any atom is 0.243 e. The van der Waals surface area contributed by atoms with Gasteiger partial charge in [-0.2, -0.15) is 4.31 Å². The summed E-state index contributed by atoms with van der Waals surface area (Å²) in [6, 6.07) is 6.49. The van der Waals surface area contributed by atoms with Gasteiger partial charge in [0.15, 0.2) is 0 Å². The number of hydrogen-bond acceptors (Lipinski definition) is 3. The number of aliphatic hydroxyl groups excluding tert-OH is 1. The topological polar surface area (TPSA) is 57.6 Å². The van der Waals surface area contributed by atoms with E-state index in [4.69, 9.17) is 5.11 Å². The van der Waals surface area contributed by atoms with Crippen LogP contribution in [0.3, 0.4) is 0 Å². The third-order valence-electron chi connectivity index (χ3n) is 2.95. The lowest BCUT2D eigenvalue weighted by atomic mass is 10.2. The summed E-state index contributed by atoms with van der Waals surface area (Å²) in [5, 5.41) is 9.08. The maximum absolute atomic E-state index is 12.5. The van der Waals surface area contributed by atoms with Crippen LogP contribution in [0.25, 0.3) is 0 Å². The van der Waals surface area contributed by atoms with Gasteiger partial charge in [0.2, 0.25) is 10.0 Å². The van der Waals surface area contributed by atoms with E-state index in [0.29, 0.717) is 6.42 Å². The molecule has 1 rings (SSSR count). The fourth-order valence-electron chi connectivity index (χ4n) is 1.88. The fraction of sp³-hybridized carbons (Fsp3) is 0.429. The van der Waals surface area contributed by atoms with Crippen molar-refractivity contribution in [1.29, 1.82) is 0 Å². The Kier molecular flexibility index (Phi) is 5.72. The fourth-order valence-corrected chi connectivity index (χ4v) is 3.51. The molecule has 0 radical (unpaired) electrons. The molecule has 5 heteroatoms. The Bertz CT molecular complexity index is 508. The zero-order valence-electron chi connectivity index (χ0n) is 11.4. The van der Waals surface area contributed by atoms with E-state index in [9.17, 15) is 8.42 Å². The van der Waals surface area contributed by atoms with Gasteiger partial charge in [0.25, 0.3) is 0 Å². The molecule has 1 aromatic carbocycles. The summed E-state index contributed by atoms with van der Waals surface area (Å²) in [5.74, 6) is 0. The molecule has 0 saturated heterocycles. The van der Waals surface area contributed by atoms with Crippen LogP contribution in [0.5, 0.6) is 0 Å². The van der Waals surface area contributed by atoms with Crippen LogP contribution >= 0.6 is 0 Å². The molecule has 1 aromatic rings. The highest BCUT2D eigenvalue weighted by molar-refractivity contribution is 7.89. The van der Waals surface area contributed by atoms with Crippen molar-refractivity contribution in [2.45, 2.75) is 31.2 Å². The minimum atomic E-state index is -3.58. The van der Waals surface area contributed by atoms with Gasteiger partial charge in [-0.15, -0.1) is 6.58 Å². The first kappa shape index (κ1) is 15.9. The standard InChI is InChI=1S/C14H21NO3S/c1-4-5-13(3)15(10-11-16)19(17,18)14-8-6-12(2)7-9-14/h4,6-9,13,16H,1,5,10-11H2,2-3H3. The van der Waals surface area contributed by atoms with Crippen molar-refractivity contribution >= 4 is 10.0 Å². The van der Waals surface area contributed by atoms with E-state index in [-0.39, 0.29) is 24.1 Å². The van der Waals surface area contributed by atoms with Gasteiger partial charge >= 0.3 is 0 Å². The number of sulfonamides is 1. The lowest BCUT2D eigenvalue weighted by Crippen LogP contribution is -2.40. The van der Waals surface area contributed by atoms with Gasteiger partial charge < -0.3 is 5.11 Å². The molecular formula is C14H21NO3S. The average Bonchev–Trinajstić information content (AvgIpc) is 2.36. The van der Waals surface area contributed by atoms with E-state index < -0.39 is 10.0 Å². The van der Waals surface area contributed by atoms with Crippen molar-refractivity contribution < 1.29 is 13.5 Å². The van der Waals surface area contributed by atoms with Crippen molar-refractivity contribution in [2.24, 2.45) is 0 Å². The molecule has 0 aromatic heterocycles. The highest BCUT2D eigenvalue weighted by atomic mass is 32.2. The van der Waals surface area contributed by atoms with Crippen LogP contribution in [-0.2, 0) is 10.0 Å². The molecule has 0 heterocycles. The average molecular weight is 283 g/mol. The number of aryl methyl sites for hydroxylation is 1. The molecule has 0 aliphatic heterocycles. The lowest BCUT2D eigenvalue weighted by Gasteiger charge is -2.27. The Morgan fingerprint density at radius 3 is 2.42 bits per heavy atom. The second-order valence-electron chi connectivity index (χ2n) is 4.53. The molecule has 106 valence electrons. The Morgan fingerprint density at radius 2 is 1.95 bits per heavy atom. The summed E-state index contributed by atoms with van der Waals surface area (Å²) >= 11 is 0. The van der Waals surface area contributed by atoms with Crippen LogP contribution in [0.4, 0.5) is 0 Å². The van der Waals surface area contributed by atoms with Gasteiger partial charge in [-0.1, -0.05) is 23.8 Å². The first-order chi connectivity index (χ1) is 8.93. The number of aliphatic hydroxyl groups is 1. The van der Waals surface area contributed by atoms with Crippen molar-refractivity contribution in [3.05, 3.63) is 42.5 Å². The molecule has 0 fully saturated rings. The zero-order chi connectivity index (χ0) is 14.5. The molecule has 0 saturated carbocycles. The third-order valence-corrected chi connectivity index (χ3v) is 4.98. The Morgan fingerprint density at radius 1 is 1.37 bits per heavy atom. The first-order valence-corrected chi connectivity index (χ1v) is 7.67. The van der Waals surface area contributed by atoms with Crippen LogP contribution < -0.4 is 0 Å². The number of benzene rings is 1. The molecule has 19 heavy (non-hydrogen) atoms. The van der Waals surface area contributed by atoms with Gasteiger partial charge in [-0.05, 0) is 32.4 Å². The zero-order valence-corrected chi connectivity index (χ0v) is 12.2. The van der Waals surface area contributed by atoms with Crippen LogP contribution in [0.2, 0.25) is 0 Å². The highest BCUT2D eigenvalue weighted by Gasteiger charge is 2.27. The van der Waals surface area contributed by atoms with Crippen LogP contribution in [0.15, 0.2) is 41.8 Å². The summed E-state index contributed by atoms with van der Waals surface area (Å²) in [7, 11) is -3.58. The first-order valence-electron chi connectivity index (χ1n) is 6.23. The lowest BCUT2D eigenvalue weighted by molar-refractivity contribution is 0.231. The minimum Gasteiger partial charge on any atom is -0.395 e. The van der Waals surface area contributed by atoms with Crippen molar-refractivity contribution in [3.8, 4) is 0 Å². The third kappa shape index (κ3) is 3.89. The molecule has 4 nitrogen and oxygen atoms in total. The maximum atomic E-state index is 12.5. The number of hydrogen-bond donors (Lipinski definition) is 1. The minimum absolute atomic E-state index is 0.0885. The summed E-state index contributed by atoms with van der Waals surface area (Å²) in [6.45, 7) is 7.23. The molecular weight excluding hydrogens is 262 g/mol. The molecule has 0 spiro atoms. The molecule has 1 unspecified atom stereocenters. The summed E-state index contributed by atoms with van der Waals surface area (Å²) in [4.78, 5) is 0.252. The van der Waals surface area contributed by atoms with Crippen LogP contribution in [-0.4, -0.2) is 37.0 Å². The molecule has 1 atom stereocenters. The van der Waals surface area contributed by atoms with E-state index in [0.717, 1.165) is 5.56 Å². The highest BCUT2D eigenvalue weighted by Crippen LogP contribution is 2.20. The van der Waals surface area contributed by atoms with Crippen molar-refractivity contribution in [2.75, 3.05) is 13.2 Å². The van der Waals surface area contributed by atoms with Crippen molar-refractivity contribution in [1.82, 2.24) is 4.31 Å².